The van der Waals surface area contributed by atoms with Crippen molar-refractivity contribution in [3.63, 3.8) is 0 Å². The zero-order valence-electron chi connectivity index (χ0n) is 15.1. The van der Waals surface area contributed by atoms with Gasteiger partial charge in [-0.15, -0.1) is 0 Å². The fraction of sp³-hybridized carbons (Fsp3) is 0.500. The summed E-state index contributed by atoms with van der Waals surface area (Å²) >= 11 is 0. The second kappa shape index (κ2) is 6.26. The van der Waals surface area contributed by atoms with Gasteiger partial charge in [0.1, 0.15) is 5.82 Å². The van der Waals surface area contributed by atoms with Gasteiger partial charge in [0.15, 0.2) is 0 Å². The molecule has 24 heavy (non-hydrogen) atoms. The van der Waals surface area contributed by atoms with E-state index in [0.717, 1.165) is 36.6 Å². The molecule has 0 saturated carbocycles. The Balaban J connectivity index is 1.88. The van der Waals surface area contributed by atoms with Crippen LogP contribution in [0.15, 0.2) is 18.3 Å². The monoisotopic (exact) mass is 327 g/mol. The van der Waals surface area contributed by atoms with Crippen LogP contribution in [0.25, 0.3) is 0 Å². The molecule has 6 heteroatoms. The summed E-state index contributed by atoms with van der Waals surface area (Å²) in [5.74, 6) is 0.904. The Bertz CT molecular complexity index is 748. The molecule has 1 aliphatic rings. The van der Waals surface area contributed by atoms with Crippen LogP contribution in [0.5, 0.6) is 0 Å². The molecule has 6 nitrogen and oxygen atoms in total. The number of aromatic nitrogens is 3. The molecular weight excluding hydrogens is 302 g/mol. The van der Waals surface area contributed by atoms with E-state index >= 15 is 0 Å². The molecule has 128 valence electrons. The number of rotatable bonds is 3. The second-order valence-electron chi connectivity index (χ2n) is 6.66. The van der Waals surface area contributed by atoms with Crippen LogP contribution in [-0.2, 0) is 7.05 Å². The predicted octanol–water partition coefficient (Wildman–Crippen LogP) is 2.48. The molecule has 1 atom stereocenters. The third-order valence-electron chi connectivity index (χ3n) is 4.86. The van der Waals surface area contributed by atoms with Crippen LogP contribution < -0.4 is 4.90 Å². The second-order valence-corrected chi connectivity index (χ2v) is 6.66. The number of likely N-dealkylation sites (tertiary alicyclic amines) is 1. The number of nitrogens with zero attached hydrogens (tertiary/aromatic N) is 5. The summed E-state index contributed by atoms with van der Waals surface area (Å²) in [5, 5.41) is 4.51. The number of hydrogen-bond donors (Lipinski definition) is 0. The first-order chi connectivity index (χ1) is 11.4. The maximum Gasteiger partial charge on any atom is 0.255 e. The fourth-order valence-electron chi connectivity index (χ4n) is 3.53. The van der Waals surface area contributed by atoms with Gasteiger partial charge < -0.3 is 9.80 Å². The highest BCUT2D eigenvalue weighted by molar-refractivity contribution is 5.94. The van der Waals surface area contributed by atoms with Gasteiger partial charge in [0.25, 0.3) is 5.91 Å². The lowest BCUT2D eigenvalue weighted by Gasteiger charge is -2.25. The lowest BCUT2D eigenvalue weighted by Crippen LogP contribution is -2.31. The maximum atomic E-state index is 13.0. The van der Waals surface area contributed by atoms with Gasteiger partial charge in [-0.3, -0.25) is 9.48 Å². The van der Waals surface area contributed by atoms with Gasteiger partial charge >= 0.3 is 0 Å². The molecule has 0 spiro atoms. The molecule has 0 aliphatic carbocycles. The standard InChI is InChI=1S/C18H25N5O/c1-12-17(13(2)22(5)20-12)15-7-6-10-23(15)18(24)14-8-9-16(19-11-14)21(3)4/h8-9,11,15H,6-7,10H2,1-5H3/t15-/m0/s1. The summed E-state index contributed by atoms with van der Waals surface area (Å²) in [7, 11) is 5.83. The van der Waals surface area contributed by atoms with Crippen molar-refractivity contribution in [2.45, 2.75) is 32.7 Å². The van der Waals surface area contributed by atoms with Gasteiger partial charge in [-0.2, -0.15) is 5.10 Å². The van der Waals surface area contributed by atoms with E-state index in [0.29, 0.717) is 5.56 Å². The molecule has 0 N–H and O–H groups in total. The number of hydrogen-bond acceptors (Lipinski definition) is 4. The summed E-state index contributed by atoms with van der Waals surface area (Å²) in [6, 6.07) is 3.86. The quantitative estimate of drug-likeness (QED) is 0.869. The van der Waals surface area contributed by atoms with Crippen LogP contribution in [0.4, 0.5) is 5.82 Å². The Morgan fingerprint density at radius 1 is 1.29 bits per heavy atom. The Morgan fingerprint density at radius 2 is 2.04 bits per heavy atom. The van der Waals surface area contributed by atoms with E-state index in [-0.39, 0.29) is 11.9 Å². The minimum absolute atomic E-state index is 0.0537. The molecule has 1 amide bonds. The topological polar surface area (TPSA) is 54.3 Å². The highest BCUT2D eigenvalue weighted by Gasteiger charge is 2.34. The van der Waals surface area contributed by atoms with Crippen LogP contribution in [0.1, 0.15) is 46.2 Å². The largest absolute Gasteiger partial charge is 0.363 e. The van der Waals surface area contributed by atoms with Crippen LogP contribution in [-0.4, -0.2) is 46.2 Å². The lowest BCUT2D eigenvalue weighted by atomic mass is 10.0. The van der Waals surface area contributed by atoms with E-state index in [2.05, 4.69) is 17.0 Å². The lowest BCUT2D eigenvalue weighted by molar-refractivity contribution is 0.0734. The molecule has 2 aromatic heterocycles. The first-order valence-electron chi connectivity index (χ1n) is 8.34. The van der Waals surface area contributed by atoms with E-state index < -0.39 is 0 Å². The van der Waals surface area contributed by atoms with Gasteiger partial charge in [-0.1, -0.05) is 0 Å². The maximum absolute atomic E-state index is 13.0. The van der Waals surface area contributed by atoms with Crippen molar-refractivity contribution in [3.05, 3.63) is 40.8 Å². The van der Waals surface area contributed by atoms with Crippen LogP contribution in [0.3, 0.4) is 0 Å². The first-order valence-corrected chi connectivity index (χ1v) is 8.34. The number of pyridine rings is 1. The van der Waals surface area contributed by atoms with Crippen molar-refractivity contribution in [2.75, 3.05) is 25.5 Å². The summed E-state index contributed by atoms with van der Waals surface area (Å²) in [4.78, 5) is 21.3. The highest BCUT2D eigenvalue weighted by atomic mass is 16.2. The average molecular weight is 327 g/mol. The summed E-state index contributed by atoms with van der Waals surface area (Å²) in [6.45, 7) is 4.88. The number of carbonyl (C=O) groups excluding carboxylic acids is 1. The zero-order chi connectivity index (χ0) is 17.4. The van der Waals surface area contributed by atoms with E-state index in [1.807, 2.05) is 54.7 Å². The predicted molar refractivity (Wildman–Crippen MR) is 94.3 cm³/mol. The van der Waals surface area contributed by atoms with E-state index in [1.54, 1.807) is 6.20 Å². The van der Waals surface area contributed by atoms with Crippen LogP contribution >= 0.6 is 0 Å². The molecule has 1 saturated heterocycles. The zero-order valence-corrected chi connectivity index (χ0v) is 15.1. The smallest absolute Gasteiger partial charge is 0.255 e. The SMILES string of the molecule is Cc1nn(C)c(C)c1[C@@H]1CCCN1C(=O)c1ccc(N(C)C)nc1. The van der Waals surface area contributed by atoms with Gasteiger partial charge in [0, 0.05) is 45.1 Å². The van der Waals surface area contributed by atoms with Gasteiger partial charge in [0.2, 0.25) is 0 Å². The normalized spacial score (nSPS) is 17.4. The highest BCUT2D eigenvalue weighted by Crippen LogP contribution is 2.36. The molecule has 3 rings (SSSR count). The Labute approximate surface area is 143 Å². The van der Waals surface area contributed by atoms with E-state index in [1.165, 1.54) is 5.56 Å². The summed E-state index contributed by atoms with van der Waals surface area (Å²) < 4.78 is 1.90. The Hall–Kier alpha value is -2.37. The summed E-state index contributed by atoms with van der Waals surface area (Å²) in [6.07, 6.45) is 3.69. The molecule has 0 radical (unpaired) electrons. The van der Waals surface area contributed by atoms with E-state index in [9.17, 15) is 4.79 Å². The third kappa shape index (κ3) is 2.77. The van der Waals surface area contributed by atoms with Crippen molar-refractivity contribution in [3.8, 4) is 0 Å². The van der Waals surface area contributed by atoms with Crippen molar-refractivity contribution in [2.24, 2.45) is 7.05 Å². The number of amides is 1. The average Bonchev–Trinajstić information content (AvgIpc) is 3.12. The molecule has 0 bridgehead atoms. The van der Waals surface area contributed by atoms with Gasteiger partial charge in [-0.05, 0) is 38.8 Å². The number of anilines is 1. The molecule has 2 aromatic rings. The molecular formula is C18H25N5O. The molecule has 1 fully saturated rings. The van der Waals surface area contributed by atoms with Crippen LogP contribution in [0, 0.1) is 13.8 Å². The third-order valence-corrected chi connectivity index (χ3v) is 4.86. The molecule has 0 unspecified atom stereocenters. The van der Waals surface area contributed by atoms with Gasteiger partial charge in [0.05, 0.1) is 17.3 Å². The summed E-state index contributed by atoms with van der Waals surface area (Å²) in [5.41, 5.74) is 3.99. The van der Waals surface area contributed by atoms with Crippen molar-refractivity contribution >= 4 is 11.7 Å². The molecule has 0 aromatic carbocycles. The van der Waals surface area contributed by atoms with Crippen molar-refractivity contribution < 1.29 is 4.79 Å². The first kappa shape index (κ1) is 16.5. The van der Waals surface area contributed by atoms with Crippen molar-refractivity contribution in [1.29, 1.82) is 0 Å². The van der Waals surface area contributed by atoms with E-state index in [4.69, 9.17) is 0 Å². The Morgan fingerprint density at radius 3 is 2.58 bits per heavy atom. The Kier molecular flexibility index (Phi) is 4.30. The molecule has 3 heterocycles. The minimum atomic E-state index is 0.0537. The van der Waals surface area contributed by atoms with Crippen LogP contribution in [0.2, 0.25) is 0 Å². The minimum Gasteiger partial charge on any atom is -0.363 e. The number of aryl methyl sites for hydroxylation is 2. The molecule has 1 aliphatic heterocycles. The van der Waals surface area contributed by atoms with Gasteiger partial charge in [-0.25, -0.2) is 4.98 Å². The van der Waals surface area contributed by atoms with Crippen molar-refractivity contribution in [1.82, 2.24) is 19.7 Å². The fourth-order valence-corrected chi connectivity index (χ4v) is 3.53. The number of carbonyl (C=O) groups is 1.